The zero-order valence-corrected chi connectivity index (χ0v) is 10.1. The first kappa shape index (κ1) is 12.2. The van der Waals surface area contributed by atoms with Crippen LogP contribution in [0.15, 0.2) is 18.2 Å². The minimum Gasteiger partial charge on any atom is -0.491 e. The van der Waals surface area contributed by atoms with E-state index in [0.717, 1.165) is 5.75 Å². The van der Waals surface area contributed by atoms with Crippen LogP contribution in [0.4, 0.5) is 5.69 Å². The minimum absolute atomic E-state index is 0.560. The number of ether oxygens (including phenoxy) is 1. The van der Waals surface area contributed by atoms with Crippen molar-refractivity contribution in [2.75, 3.05) is 12.3 Å². The maximum atomic E-state index is 5.79. The third kappa shape index (κ3) is 4.00. The van der Waals surface area contributed by atoms with E-state index in [2.05, 4.69) is 13.8 Å². The molecule has 0 radical (unpaired) electrons. The lowest BCUT2D eigenvalue weighted by molar-refractivity contribution is 0.253. The van der Waals surface area contributed by atoms with E-state index < -0.39 is 0 Å². The first-order chi connectivity index (χ1) is 7.13. The fourth-order valence-electron chi connectivity index (χ4n) is 1.46. The maximum absolute atomic E-state index is 5.79. The molecule has 84 valence electrons. The number of halogens is 1. The van der Waals surface area contributed by atoms with E-state index in [1.165, 1.54) is 12.8 Å². The van der Waals surface area contributed by atoms with E-state index in [0.29, 0.717) is 23.2 Å². The van der Waals surface area contributed by atoms with E-state index in [-0.39, 0.29) is 0 Å². The largest absolute Gasteiger partial charge is 0.491 e. The van der Waals surface area contributed by atoms with Crippen LogP contribution >= 0.6 is 11.6 Å². The lowest BCUT2D eigenvalue weighted by Gasteiger charge is -2.13. The first-order valence-corrected chi connectivity index (χ1v) is 5.69. The molecule has 0 saturated carbocycles. The fraction of sp³-hybridized carbons (Fsp3) is 0.500. The molecule has 0 amide bonds. The monoisotopic (exact) mass is 227 g/mol. The van der Waals surface area contributed by atoms with Gasteiger partial charge < -0.3 is 10.5 Å². The fourth-order valence-corrected chi connectivity index (χ4v) is 1.64. The van der Waals surface area contributed by atoms with Gasteiger partial charge in [0.05, 0.1) is 12.3 Å². The Bertz CT molecular complexity index is 314. The van der Waals surface area contributed by atoms with Crippen molar-refractivity contribution < 1.29 is 4.74 Å². The van der Waals surface area contributed by atoms with Crippen LogP contribution in [0.5, 0.6) is 5.75 Å². The molecule has 2 N–H and O–H groups in total. The van der Waals surface area contributed by atoms with Crippen LogP contribution in [0.3, 0.4) is 0 Å². The smallest absolute Gasteiger partial charge is 0.142 e. The van der Waals surface area contributed by atoms with Gasteiger partial charge in [-0.2, -0.15) is 0 Å². The lowest BCUT2D eigenvalue weighted by atomic mass is 10.1. The zero-order valence-electron chi connectivity index (χ0n) is 9.29. The van der Waals surface area contributed by atoms with Crippen LogP contribution in [0.1, 0.15) is 26.7 Å². The van der Waals surface area contributed by atoms with Crippen LogP contribution in [0.2, 0.25) is 5.02 Å². The molecule has 3 heteroatoms. The molecule has 0 aliphatic rings. The molecule has 0 unspecified atom stereocenters. The Kier molecular flexibility index (Phi) is 4.76. The number of hydrogen-bond donors (Lipinski definition) is 1. The average Bonchev–Trinajstić information content (AvgIpc) is 2.17. The Labute approximate surface area is 96.4 Å². The summed E-state index contributed by atoms with van der Waals surface area (Å²) in [5.41, 5.74) is 6.38. The molecular weight excluding hydrogens is 210 g/mol. The molecule has 0 heterocycles. The molecule has 0 bridgehead atoms. The molecule has 15 heavy (non-hydrogen) atoms. The number of rotatable bonds is 5. The van der Waals surface area contributed by atoms with E-state index in [1.807, 2.05) is 6.07 Å². The molecule has 1 aromatic rings. The van der Waals surface area contributed by atoms with Gasteiger partial charge in [-0.3, -0.25) is 0 Å². The van der Waals surface area contributed by atoms with Gasteiger partial charge in [-0.1, -0.05) is 31.9 Å². The van der Waals surface area contributed by atoms with Crippen LogP contribution in [0.25, 0.3) is 0 Å². The van der Waals surface area contributed by atoms with Crippen molar-refractivity contribution in [1.82, 2.24) is 0 Å². The van der Waals surface area contributed by atoms with Crippen molar-refractivity contribution in [3.63, 3.8) is 0 Å². The summed E-state index contributed by atoms with van der Waals surface area (Å²) in [4.78, 5) is 0. The standard InChI is InChI=1S/C12H18ClNO/c1-3-4-9(2)8-15-12-6-5-10(13)7-11(12)14/h5-7,9H,3-4,8,14H2,1-2H3/t9-/m0/s1. The highest BCUT2D eigenvalue weighted by Crippen LogP contribution is 2.25. The summed E-state index contributed by atoms with van der Waals surface area (Å²) in [6.45, 7) is 5.06. The number of benzene rings is 1. The molecule has 0 spiro atoms. The number of nitrogen functional groups attached to an aromatic ring is 1. The minimum atomic E-state index is 0.560. The van der Waals surface area contributed by atoms with Gasteiger partial charge in [-0.05, 0) is 30.5 Å². The Hall–Kier alpha value is -0.890. The molecule has 0 aliphatic heterocycles. The summed E-state index contributed by atoms with van der Waals surface area (Å²) in [5, 5.41) is 0.640. The van der Waals surface area contributed by atoms with E-state index in [4.69, 9.17) is 22.1 Å². The maximum Gasteiger partial charge on any atom is 0.142 e. The number of hydrogen-bond acceptors (Lipinski definition) is 2. The van der Waals surface area contributed by atoms with Crippen molar-refractivity contribution in [2.45, 2.75) is 26.7 Å². The van der Waals surface area contributed by atoms with Crippen LogP contribution in [0, 0.1) is 5.92 Å². The van der Waals surface area contributed by atoms with E-state index in [1.54, 1.807) is 12.1 Å². The zero-order chi connectivity index (χ0) is 11.3. The Morgan fingerprint density at radius 2 is 2.20 bits per heavy atom. The molecule has 1 rings (SSSR count). The van der Waals surface area contributed by atoms with Crippen molar-refractivity contribution in [2.24, 2.45) is 5.92 Å². The van der Waals surface area contributed by atoms with Crippen LogP contribution in [-0.2, 0) is 0 Å². The van der Waals surface area contributed by atoms with Crippen molar-refractivity contribution in [3.8, 4) is 5.75 Å². The van der Waals surface area contributed by atoms with Gasteiger partial charge >= 0.3 is 0 Å². The molecule has 0 aromatic heterocycles. The van der Waals surface area contributed by atoms with Gasteiger partial charge in [-0.25, -0.2) is 0 Å². The highest BCUT2D eigenvalue weighted by atomic mass is 35.5. The van der Waals surface area contributed by atoms with Gasteiger partial charge in [0, 0.05) is 5.02 Å². The topological polar surface area (TPSA) is 35.2 Å². The van der Waals surface area contributed by atoms with Gasteiger partial charge in [0.1, 0.15) is 5.75 Å². The molecule has 1 aromatic carbocycles. The predicted molar refractivity (Wildman–Crippen MR) is 65.4 cm³/mol. The molecular formula is C12H18ClNO. The number of nitrogens with two attached hydrogens (primary N) is 1. The highest BCUT2D eigenvalue weighted by molar-refractivity contribution is 6.30. The molecule has 1 atom stereocenters. The summed E-state index contributed by atoms with van der Waals surface area (Å²) in [5.74, 6) is 1.28. The van der Waals surface area contributed by atoms with E-state index >= 15 is 0 Å². The van der Waals surface area contributed by atoms with Crippen molar-refractivity contribution in [3.05, 3.63) is 23.2 Å². The third-order valence-electron chi connectivity index (χ3n) is 2.28. The first-order valence-electron chi connectivity index (χ1n) is 5.31. The Morgan fingerprint density at radius 3 is 2.80 bits per heavy atom. The molecule has 0 saturated heterocycles. The molecule has 0 aliphatic carbocycles. The quantitative estimate of drug-likeness (QED) is 0.778. The Balaban J connectivity index is 2.50. The normalized spacial score (nSPS) is 12.5. The number of anilines is 1. The summed E-state index contributed by atoms with van der Waals surface area (Å²) in [6, 6.07) is 5.31. The Morgan fingerprint density at radius 1 is 1.47 bits per heavy atom. The summed E-state index contributed by atoms with van der Waals surface area (Å²) in [7, 11) is 0. The molecule has 0 fully saturated rings. The van der Waals surface area contributed by atoms with Gasteiger partial charge in [0.15, 0.2) is 0 Å². The summed E-state index contributed by atoms with van der Waals surface area (Å²) in [6.07, 6.45) is 2.36. The van der Waals surface area contributed by atoms with Crippen LogP contribution < -0.4 is 10.5 Å². The second-order valence-electron chi connectivity index (χ2n) is 3.89. The average molecular weight is 228 g/mol. The van der Waals surface area contributed by atoms with Gasteiger partial charge in [0.25, 0.3) is 0 Å². The van der Waals surface area contributed by atoms with Gasteiger partial charge in [0.2, 0.25) is 0 Å². The summed E-state index contributed by atoms with van der Waals surface area (Å²) >= 11 is 5.79. The van der Waals surface area contributed by atoms with E-state index in [9.17, 15) is 0 Å². The lowest BCUT2D eigenvalue weighted by Crippen LogP contribution is -2.09. The van der Waals surface area contributed by atoms with Gasteiger partial charge in [-0.15, -0.1) is 0 Å². The second-order valence-corrected chi connectivity index (χ2v) is 4.32. The molecule has 2 nitrogen and oxygen atoms in total. The van der Waals surface area contributed by atoms with Crippen molar-refractivity contribution in [1.29, 1.82) is 0 Å². The highest BCUT2D eigenvalue weighted by Gasteiger charge is 2.04. The second kappa shape index (κ2) is 5.86. The third-order valence-corrected chi connectivity index (χ3v) is 2.51. The SMILES string of the molecule is CCC[C@H](C)COc1ccc(Cl)cc1N. The van der Waals surface area contributed by atoms with Crippen molar-refractivity contribution >= 4 is 17.3 Å². The van der Waals surface area contributed by atoms with Crippen LogP contribution in [-0.4, -0.2) is 6.61 Å². The summed E-state index contributed by atoms with van der Waals surface area (Å²) < 4.78 is 5.62. The predicted octanol–water partition coefficient (Wildman–Crippen LogP) is 3.74.